The van der Waals surface area contributed by atoms with Gasteiger partial charge in [0.25, 0.3) is 0 Å². The van der Waals surface area contributed by atoms with Gasteiger partial charge in [-0.2, -0.15) is 13.2 Å². The first-order valence-electron chi connectivity index (χ1n) is 5.22. The number of hydrogen-bond acceptors (Lipinski definition) is 3. The van der Waals surface area contributed by atoms with Crippen molar-refractivity contribution in [3.63, 3.8) is 0 Å². The summed E-state index contributed by atoms with van der Waals surface area (Å²) in [4.78, 5) is 4.04. The van der Waals surface area contributed by atoms with Gasteiger partial charge in [0, 0.05) is 5.38 Å². The predicted molar refractivity (Wildman–Crippen MR) is 61.7 cm³/mol. The van der Waals surface area contributed by atoms with Crippen LogP contribution in [0.1, 0.15) is 30.7 Å². The van der Waals surface area contributed by atoms with E-state index in [2.05, 4.69) is 20.9 Å². The Balaban J connectivity index is 2.21. The molecule has 1 aliphatic carbocycles. The van der Waals surface area contributed by atoms with E-state index in [1.165, 1.54) is 11.3 Å². The molecule has 1 aromatic rings. The van der Waals surface area contributed by atoms with E-state index in [9.17, 15) is 18.3 Å². The molecule has 0 bridgehead atoms. The Labute approximate surface area is 109 Å². The number of nitrogens with zero attached hydrogens (tertiary/aromatic N) is 1. The lowest BCUT2D eigenvalue weighted by Gasteiger charge is -2.36. The Morgan fingerprint density at radius 3 is 2.76 bits per heavy atom. The number of halogens is 4. The molecule has 1 aliphatic rings. The van der Waals surface area contributed by atoms with Gasteiger partial charge in [0.2, 0.25) is 0 Å². The van der Waals surface area contributed by atoms with Gasteiger partial charge in [0.1, 0.15) is 15.2 Å². The number of thiazole rings is 1. The van der Waals surface area contributed by atoms with Crippen LogP contribution in [-0.4, -0.2) is 16.3 Å². The van der Waals surface area contributed by atoms with Crippen LogP contribution in [0.3, 0.4) is 0 Å². The van der Waals surface area contributed by atoms with Crippen LogP contribution in [0, 0.1) is 5.92 Å². The van der Waals surface area contributed by atoms with Gasteiger partial charge in [-0.3, -0.25) is 0 Å². The highest BCUT2D eigenvalue weighted by atomic mass is 79.9. The monoisotopic (exact) mass is 329 g/mol. The van der Waals surface area contributed by atoms with E-state index in [0.29, 0.717) is 22.5 Å². The Morgan fingerprint density at radius 2 is 2.24 bits per heavy atom. The molecule has 7 heteroatoms. The van der Waals surface area contributed by atoms with Gasteiger partial charge in [0.15, 0.2) is 0 Å². The second kappa shape index (κ2) is 4.51. The molecule has 2 rings (SSSR count). The average molecular weight is 330 g/mol. The van der Waals surface area contributed by atoms with Crippen molar-refractivity contribution in [2.24, 2.45) is 5.92 Å². The summed E-state index contributed by atoms with van der Waals surface area (Å²) < 4.78 is 38.6. The predicted octanol–water partition coefficient (Wildman–Crippen LogP) is 3.85. The summed E-state index contributed by atoms with van der Waals surface area (Å²) in [6, 6.07) is 0. The van der Waals surface area contributed by atoms with Gasteiger partial charge in [-0.05, 0) is 41.6 Å². The second-order valence-corrected chi connectivity index (χ2v) is 6.01. The summed E-state index contributed by atoms with van der Waals surface area (Å²) in [5.74, 6) is -1.43. The van der Waals surface area contributed by atoms with Crippen LogP contribution in [0.15, 0.2) is 9.98 Å². The van der Waals surface area contributed by atoms with Crippen molar-refractivity contribution in [1.29, 1.82) is 0 Å². The average Bonchev–Trinajstić information content (AvgIpc) is 2.64. The molecule has 2 unspecified atom stereocenters. The molecule has 96 valence electrons. The first-order valence-corrected chi connectivity index (χ1v) is 6.89. The van der Waals surface area contributed by atoms with Crippen LogP contribution in [0.5, 0.6) is 0 Å². The largest absolute Gasteiger partial charge is 0.391 e. The Kier molecular flexibility index (Phi) is 3.53. The van der Waals surface area contributed by atoms with Crippen molar-refractivity contribution in [3.05, 3.63) is 15.0 Å². The molecule has 2 atom stereocenters. The third-order valence-electron chi connectivity index (χ3n) is 3.06. The molecule has 17 heavy (non-hydrogen) atoms. The summed E-state index contributed by atoms with van der Waals surface area (Å²) >= 11 is 4.34. The molecule has 0 aliphatic heterocycles. The van der Waals surface area contributed by atoms with E-state index in [4.69, 9.17) is 0 Å². The summed E-state index contributed by atoms with van der Waals surface area (Å²) in [5, 5.41) is 12.4. The molecular formula is C10H11BrF3NOS. The lowest BCUT2D eigenvalue weighted by molar-refractivity contribution is -0.201. The maximum Gasteiger partial charge on any atom is 0.391 e. The van der Waals surface area contributed by atoms with Crippen molar-refractivity contribution in [2.75, 3.05) is 0 Å². The van der Waals surface area contributed by atoms with E-state index >= 15 is 0 Å². The fraction of sp³-hybridized carbons (Fsp3) is 0.700. The van der Waals surface area contributed by atoms with Gasteiger partial charge in [-0.25, -0.2) is 4.98 Å². The van der Waals surface area contributed by atoms with Gasteiger partial charge in [-0.1, -0.05) is 0 Å². The number of rotatable bonds is 1. The van der Waals surface area contributed by atoms with E-state index < -0.39 is 17.7 Å². The van der Waals surface area contributed by atoms with Gasteiger partial charge in [0.05, 0.1) is 5.92 Å². The Morgan fingerprint density at radius 1 is 1.53 bits per heavy atom. The highest BCUT2D eigenvalue weighted by Gasteiger charge is 2.48. The summed E-state index contributed by atoms with van der Waals surface area (Å²) in [7, 11) is 0. The maximum atomic E-state index is 12.7. The molecule has 1 fully saturated rings. The smallest absolute Gasteiger partial charge is 0.383 e. The zero-order valence-electron chi connectivity index (χ0n) is 8.80. The molecule has 2 nitrogen and oxygen atoms in total. The topological polar surface area (TPSA) is 33.1 Å². The molecule has 0 saturated heterocycles. The van der Waals surface area contributed by atoms with Crippen molar-refractivity contribution in [3.8, 4) is 0 Å². The van der Waals surface area contributed by atoms with Crippen LogP contribution in [0.4, 0.5) is 13.2 Å². The molecule has 0 radical (unpaired) electrons. The zero-order valence-corrected chi connectivity index (χ0v) is 11.2. The Bertz CT molecular complexity index is 409. The van der Waals surface area contributed by atoms with Crippen molar-refractivity contribution in [1.82, 2.24) is 4.98 Å². The lowest BCUT2D eigenvalue weighted by atomic mass is 9.78. The van der Waals surface area contributed by atoms with E-state index in [1.54, 1.807) is 5.38 Å². The quantitative estimate of drug-likeness (QED) is 0.849. The minimum absolute atomic E-state index is 0.0956. The van der Waals surface area contributed by atoms with Crippen LogP contribution in [0.25, 0.3) is 0 Å². The number of alkyl halides is 3. The fourth-order valence-electron chi connectivity index (χ4n) is 2.19. The summed E-state index contributed by atoms with van der Waals surface area (Å²) in [6.45, 7) is 0. The van der Waals surface area contributed by atoms with Crippen LogP contribution in [0.2, 0.25) is 0 Å². The molecular weight excluding hydrogens is 319 g/mol. The normalized spacial score (nSPS) is 30.5. The SMILES string of the molecule is OC1(c2nc(Br)cs2)CCCC(C(F)(F)F)C1. The molecule has 1 N–H and O–H groups in total. The minimum atomic E-state index is -4.23. The number of aliphatic hydroxyl groups is 1. The lowest BCUT2D eigenvalue weighted by Crippen LogP contribution is -2.38. The van der Waals surface area contributed by atoms with E-state index in [0.717, 1.165) is 0 Å². The fourth-order valence-corrected chi connectivity index (χ4v) is 3.59. The summed E-state index contributed by atoms with van der Waals surface area (Å²) in [6.07, 6.45) is -3.70. The third-order valence-corrected chi connectivity index (χ3v) is 4.81. The van der Waals surface area contributed by atoms with Crippen LogP contribution < -0.4 is 0 Å². The molecule has 1 saturated carbocycles. The van der Waals surface area contributed by atoms with Crippen molar-refractivity contribution >= 4 is 27.3 Å². The molecule has 0 spiro atoms. The van der Waals surface area contributed by atoms with Crippen LogP contribution in [-0.2, 0) is 5.60 Å². The minimum Gasteiger partial charge on any atom is -0.383 e. The van der Waals surface area contributed by atoms with Crippen molar-refractivity contribution in [2.45, 2.75) is 37.5 Å². The number of hydrogen-bond donors (Lipinski definition) is 1. The molecule has 1 heterocycles. The Hall–Kier alpha value is -0.140. The molecule has 0 aromatic carbocycles. The van der Waals surface area contributed by atoms with Gasteiger partial charge in [-0.15, -0.1) is 11.3 Å². The van der Waals surface area contributed by atoms with Gasteiger partial charge >= 0.3 is 6.18 Å². The van der Waals surface area contributed by atoms with E-state index in [-0.39, 0.29) is 12.8 Å². The van der Waals surface area contributed by atoms with Crippen LogP contribution >= 0.6 is 27.3 Å². The summed E-state index contributed by atoms with van der Waals surface area (Å²) in [5.41, 5.74) is -1.42. The number of aromatic nitrogens is 1. The molecule has 1 aromatic heterocycles. The zero-order chi connectivity index (χ0) is 12.7. The highest BCUT2D eigenvalue weighted by Crippen LogP contribution is 2.46. The second-order valence-electron chi connectivity index (χ2n) is 4.34. The first kappa shape index (κ1) is 13.3. The van der Waals surface area contributed by atoms with E-state index in [1.807, 2.05) is 0 Å². The maximum absolute atomic E-state index is 12.7. The third kappa shape index (κ3) is 2.82. The molecule has 0 amide bonds. The highest BCUT2D eigenvalue weighted by molar-refractivity contribution is 9.10. The van der Waals surface area contributed by atoms with Crippen molar-refractivity contribution < 1.29 is 18.3 Å². The van der Waals surface area contributed by atoms with Gasteiger partial charge < -0.3 is 5.11 Å². The first-order chi connectivity index (χ1) is 7.81. The standard InChI is InChI=1S/C10H11BrF3NOS/c11-7-5-17-8(15-7)9(16)3-1-2-6(4-9)10(12,13)14/h5-6,16H,1-4H2.